The summed E-state index contributed by atoms with van der Waals surface area (Å²) in [5.41, 5.74) is 2.58. The molecule has 4 nitrogen and oxygen atoms in total. The molecule has 0 bridgehead atoms. The van der Waals surface area contributed by atoms with Crippen LogP contribution in [0.15, 0.2) is 42.5 Å². The van der Waals surface area contributed by atoms with E-state index in [-0.39, 0.29) is 11.5 Å². The molecule has 0 atom stereocenters. The largest absolute Gasteiger partial charge is 0.504 e. The topological polar surface area (TPSA) is 66.8 Å². The quantitative estimate of drug-likeness (QED) is 0.385. The second-order valence-corrected chi connectivity index (χ2v) is 5.68. The SMILES string of the molecule is Cc1ccc(C(C)C)cc1OC(=O)/C=C/c1ccc(O)c(O)c1. The minimum Gasteiger partial charge on any atom is -0.504 e. The number of hydrogen-bond acceptors (Lipinski definition) is 4. The third-order valence-corrected chi connectivity index (χ3v) is 3.50. The summed E-state index contributed by atoms with van der Waals surface area (Å²) in [4.78, 5) is 12.0. The van der Waals surface area contributed by atoms with Gasteiger partial charge in [-0.1, -0.05) is 32.0 Å². The van der Waals surface area contributed by atoms with Gasteiger partial charge in [0.25, 0.3) is 0 Å². The summed E-state index contributed by atoms with van der Waals surface area (Å²) in [7, 11) is 0. The van der Waals surface area contributed by atoms with E-state index >= 15 is 0 Å². The molecule has 0 heterocycles. The van der Waals surface area contributed by atoms with E-state index in [4.69, 9.17) is 4.74 Å². The van der Waals surface area contributed by atoms with Crippen LogP contribution in [0.25, 0.3) is 6.08 Å². The molecular weight excluding hydrogens is 292 g/mol. The van der Waals surface area contributed by atoms with E-state index < -0.39 is 5.97 Å². The lowest BCUT2D eigenvalue weighted by atomic mass is 10.0. The number of benzene rings is 2. The van der Waals surface area contributed by atoms with E-state index in [0.29, 0.717) is 17.2 Å². The van der Waals surface area contributed by atoms with Crippen molar-refractivity contribution in [3.8, 4) is 17.2 Å². The van der Waals surface area contributed by atoms with Crippen molar-refractivity contribution < 1.29 is 19.7 Å². The number of hydrogen-bond donors (Lipinski definition) is 2. The summed E-state index contributed by atoms with van der Waals surface area (Å²) in [5, 5.41) is 18.7. The molecule has 0 saturated carbocycles. The van der Waals surface area contributed by atoms with E-state index in [0.717, 1.165) is 11.1 Å². The average Bonchev–Trinajstić information content (AvgIpc) is 2.50. The number of aromatic hydroxyl groups is 2. The molecule has 0 saturated heterocycles. The van der Waals surface area contributed by atoms with Crippen LogP contribution in [0.3, 0.4) is 0 Å². The third kappa shape index (κ3) is 4.36. The van der Waals surface area contributed by atoms with Crippen LogP contribution in [0.2, 0.25) is 0 Å². The first-order valence-corrected chi connectivity index (χ1v) is 7.39. The van der Waals surface area contributed by atoms with Gasteiger partial charge in [-0.2, -0.15) is 0 Å². The summed E-state index contributed by atoms with van der Waals surface area (Å²) in [6.07, 6.45) is 2.80. The lowest BCUT2D eigenvalue weighted by Gasteiger charge is -2.10. The molecule has 0 unspecified atom stereocenters. The van der Waals surface area contributed by atoms with Crippen molar-refractivity contribution in [3.05, 3.63) is 59.2 Å². The summed E-state index contributed by atoms with van der Waals surface area (Å²) in [6, 6.07) is 10.1. The van der Waals surface area contributed by atoms with Crippen molar-refractivity contribution in [2.24, 2.45) is 0 Å². The molecule has 23 heavy (non-hydrogen) atoms. The summed E-state index contributed by atoms with van der Waals surface area (Å²) >= 11 is 0. The van der Waals surface area contributed by atoms with Gasteiger partial charge in [0, 0.05) is 6.08 Å². The van der Waals surface area contributed by atoms with Crippen molar-refractivity contribution in [3.63, 3.8) is 0 Å². The summed E-state index contributed by atoms with van der Waals surface area (Å²) in [5.74, 6) is -0.0450. The van der Waals surface area contributed by atoms with E-state index in [1.807, 2.05) is 25.1 Å². The van der Waals surface area contributed by atoms with E-state index in [9.17, 15) is 15.0 Å². The zero-order valence-corrected chi connectivity index (χ0v) is 13.4. The van der Waals surface area contributed by atoms with Gasteiger partial charge in [-0.15, -0.1) is 0 Å². The number of phenols is 2. The number of esters is 1. The van der Waals surface area contributed by atoms with Crippen molar-refractivity contribution in [1.82, 2.24) is 0 Å². The molecule has 0 amide bonds. The molecule has 4 heteroatoms. The van der Waals surface area contributed by atoms with Gasteiger partial charge in [0.2, 0.25) is 0 Å². The third-order valence-electron chi connectivity index (χ3n) is 3.50. The smallest absolute Gasteiger partial charge is 0.336 e. The van der Waals surface area contributed by atoms with Crippen molar-refractivity contribution >= 4 is 12.0 Å². The molecule has 2 aromatic rings. The van der Waals surface area contributed by atoms with Crippen molar-refractivity contribution in [2.75, 3.05) is 0 Å². The van der Waals surface area contributed by atoms with Gasteiger partial charge in [0.1, 0.15) is 5.75 Å². The molecular formula is C19H20O4. The molecule has 0 aliphatic rings. The second-order valence-electron chi connectivity index (χ2n) is 5.68. The fourth-order valence-corrected chi connectivity index (χ4v) is 2.04. The molecule has 2 aromatic carbocycles. The number of ether oxygens (including phenoxy) is 1. The molecule has 0 aliphatic heterocycles. The minimum absolute atomic E-state index is 0.203. The van der Waals surface area contributed by atoms with Gasteiger partial charge in [-0.3, -0.25) is 0 Å². The van der Waals surface area contributed by atoms with E-state index in [1.165, 1.54) is 24.3 Å². The van der Waals surface area contributed by atoms with Gasteiger partial charge in [-0.05, 0) is 53.8 Å². The standard InChI is InChI=1S/C19H20O4/c1-12(2)15-7-4-13(3)18(11-15)23-19(22)9-6-14-5-8-16(20)17(21)10-14/h4-12,20-21H,1-3H3/b9-6+. The maximum Gasteiger partial charge on any atom is 0.336 e. The first kappa shape index (κ1) is 16.6. The van der Waals surface area contributed by atoms with Gasteiger partial charge in [0.15, 0.2) is 11.5 Å². The highest BCUT2D eigenvalue weighted by atomic mass is 16.5. The highest BCUT2D eigenvalue weighted by Crippen LogP contribution is 2.26. The Hall–Kier alpha value is -2.75. The van der Waals surface area contributed by atoms with Crippen LogP contribution in [0.5, 0.6) is 17.2 Å². The van der Waals surface area contributed by atoms with Gasteiger partial charge < -0.3 is 14.9 Å². The minimum atomic E-state index is -0.499. The number of rotatable bonds is 4. The number of carbonyl (C=O) groups excluding carboxylic acids is 1. The molecule has 2 rings (SSSR count). The van der Waals surface area contributed by atoms with Gasteiger partial charge in [-0.25, -0.2) is 4.79 Å². The van der Waals surface area contributed by atoms with Crippen molar-refractivity contribution in [1.29, 1.82) is 0 Å². The molecule has 0 aliphatic carbocycles. The molecule has 0 aromatic heterocycles. The summed E-state index contributed by atoms with van der Waals surface area (Å²) < 4.78 is 5.37. The lowest BCUT2D eigenvalue weighted by molar-refractivity contribution is -0.128. The maximum atomic E-state index is 12.0. The Bertz CT molecular complexity index is 745. The Morgan fingerprint density at radius 1 is 1.09 bits per heavy atom. The zero-order valence-electron chi connectivity index (χ0n) is 13.4. The first-order valence-electron chi connectivity index (χ1n) is 7.39. The fraction of sp³-hybridized carbons (Fsp3) is 0.211. The molecule has 0 radical (unpaired) electrons. The lowest BCUT2D eigenvalue weighted by Crippen LogP contribution is -2.05. The zero-order chi connectivity index (χ0) is 17.0. The van der Waals surface area contributed by atoms with E-state index in [2.05, 4.69) is 13.8 Å². The van der Waals surface area contributed by atoms with Crippen LogP contribution in [-0.2, 0) is 4.79 Å². The Labute approximate surface area is 135 Å². The predicted molar refractivity (Wildman–Crippen MR) is 89.7 cm³/mol. The number of carbonyl (C=O) groups is 1. The summed E-state index contributed by atoms with van der Waals surface area (Å²) in [6.45, 7) is 6.04. The fourth-order valence-electron chi connectivity index (χ4n) is 2.04. The van der Waals surface area contributed by atoms with Crippen LogP contribution < -0.4 is 4.74 Å². The Kier molecular flexibility index (Phi) is 5.06. The van der Waals surface area contributed by atoms with Crippen molar-refractivity contribution in [2.45, 2.75) is 26.7 Å². The van der Waals surface area contributed by atoms with Crippen LogP contribution in [-0.4, -0.2) is 16.2 Å². The Balaban J connectivity index is 2.11. The highest BCUT2D eigenvalue weighted by Gasteiger charge is 2.08. The normalized spacial score (nSPS) is 11.1. The monoisotopic (exact) mass is 312 g/mol. The Morgan fingerprint density at radius 3 is 2.48 bits per heavy atom. The molecule has 2 N–H and O–H groups in total. The van der Waals surface area contributed by atoms with Crippen LogP contribution >= 0.6 is 0 Å². The highest BCUT2D eigenvalue weighted by molar-refractivity contribution is 5.89. The second kappa shape index (κ2) is 7.01. The molecule has 0 fully saturated rings. The predicted octanol–water partition coefficient (Wildman–Crippen LogP) is 4.15. The van der Waals surface area contributed by atoms with Gasteiger partial charge in [0.05, 0.1) is 0 Å². The van der Waals surface area contributed by atoms with Crippen LogP contribution in [0, 0.1) is 6.92 Å². The van der Waals surface area contributed by atoms with E-state index in [1.54, 1.807) is 6.07 Å². The van der Waals surface area contributed by atoms with Crippen LogP contribution in [0.1, 0.15) is 36.5 Å². The Morgan fingerprint density at radius 2 is 1.83 bits per heavy atom. The maximum absolute atomic E-state index is 12.0. The molecule has 120 valence electrons. The molecule has 0 spiro atoms. The average molecular weight is 312 g/mol. The number of phenolic OH excluding ortho intramolecular Hbond substituents is 2. The number of aryl methyl sites for hydroxylation is 1. The first-order chi connectivity index (χ1) is 10.9. The van der Waals surface area contributed by atoms with Gasteiger partial charge >= 0.3 is 5.97 Å². The van der Waals surface area contributed by atoms with Crippen LogP contribution in [0.4, 0.5) is 0 Å².